The van der Waals surface area contributed by atoms with Gasteiger partial charge in [-0.3, -0.25) is 19.2 Å². The van der Waals surface area contributed by atoms with Crippen LogP contribution in [0.4, 0.5) is 5.69 Å². The van der Waals surface area contributed by atoms with Crippen molar-refractivity contribution in [2.24, 2.45) is 16.9 Å². The molecule has 3 aliphatic carbocycles. The first kappa shape index (κ1) is 27.9. The lowest BCUT2D eigenvalue weighted by atomic mass is 9.47. The Balaban J connectivity index is 1.26. The lowest BCUT2D eigenvalue weighted by molar-refractivity contribution is -0.139. The van der Waals surface area contributed by atoms with Crippen LogP contribution in [-0.2, 0) is 31.1 Å². The molecule has 2 unspecified atom stereocenters. The highest BCUT2D eigenvalue weighted by molar-refractivity contribution is 9.10. The van der Waals surface area contributed by atoms with Gasteiger partial charge in [0.1, 0.15) is 0 Å². The minimum Gasteiger partial charge on any atom is -0.344 e. The average Bonchev–Trinajstić information content (AvgIpc) is 3.31. The van der Waals surface area contributed by atoms with Gasteiger partial charge in [-0.2, -0.15) is 5.10 Å². The van der Waals surface area contributed by atoms with Crippen molar-refractivity contribution in [1.82, 2.24) is 10.7 Å². The lowest BCUT2D eigenvalue weighted by Crippen LogP contribution is -2.55. The standard InChI is InChI=1S/C35H27BrN4O4/c1-20-10-12-21(13-11-20)18-37-31(41)32(42)39-38-19-35-26-8-4-2-6-24(26)28(25-7-3-5-9-27(25)35)29-30(35)34(44)40(33(29)43)23-16-14-22(36)15-17-23/h2-17,19,28-30H,18H2,1H3,(H,37,41)(H,39,42). The van der Waals surface area contributed by atoms with Gasteiger partial charge in [0, 0.05) is 23.1 Å². The summed E-state index contributed by atoms with van der Waals surface area (Å²) < 4.78 is 0.833. The number of amides is 4. The van der Waals surface area contributed by atoms with Gasteiger partial charge in [-0.15, -0.1) is 0 Å². The van der Waals surface area contributed by atoms with E-state index >= 15 is 0 Å². The highest BCUT2D eigenvalue weighted by atomic mass is 79.9. The highest BCUT2D eigenvalue weighted by Gasteiger charge is 2.68. The van der Waals surface area contributed by atoms with Crippen LogP contribution in [0, 0.1) is 18.8 Å². The molecule has 218 valence electrons. The highest BCUT2D eigenvalue weighted by Crippen LogP contribution is 2.63. The van der Waals surface area contributed by atoms with Gasteiger partial charge in [0.05, 0.1) is 22.9 Å². The number of aryl methyl sites for hydroxylation is 1. The second-order valence-corrected chi connectivity index (χ2v) is 12.3. The summed E-state index contributed by atoms with van der Waals surface area (Å²) in [4.78, 5) is 55.3. The number of halogens is 1. The normalized spacial score (nSPS) is 22.9. The molecule has 1 heterocycles. The average molecular weight is 648 g/mol. The van der Waals surface area contributed by atoms with Crippen molar-refractivity contribution in [3.05, 3.63) is 135 Å². The predicted octanol–water partition coefficient (Wildman–Crippen LogP) is 4.73. The molecule has 2 atom stereocenters. The zero-order valence-electron chi connectivity index (χ0n) is 23.7. The molecular weight excluding hydrogens is 620 g/mol. The molecular formula is C35H27BrN4O4. The number of hydrogen-bond acceptors (Lipinski definition) is 5. The van der Waals surface area contributed by atoms with Crippen LogP contribution in [0.5, 0.6) is 0 Å². The van der Waals surface area contributed by atoms with E-state index < -0.39 is 29.1 Å². The molecule has 9 heteroatoms. The van der Waals surface area contributed by atoms with Gasteiger partial charge in [-0.05, 0) is 59.0 Å². The second kappa shape index (κ2) is 10.7. The molecule has 8 rings (SSSR count). The van der Waals surface area contributed by atoms with Crippen LogP contribution in [0.2, 0.25) is 0 Å². The van der Waals surface area contributed by atoms with Crippen molar-refractivity contribution in [3.63, 3.8) is 0 Å². The zero-order valence-corrected chi connectivity index (χ0v) is 25.2. The van der Waals surface area contributed by atoms with E-state index in [9.17, 15) is 19.2 Å². The fourth-order valence-corrected chi connectivity index (χ4v) is 7.37. The maximum Gasteiger partial charge on any atom is 0.329 e. The van der Waals surface area contributed by atoms with Gasteiger partial charge in [0.15, 0.2) is 0 Å². The van der Waals surface area contributed by atoms with Crippen molar-refractivity contribution in [3.8, 4) is 0 Å². The van der Waals surface area contributed by atoms with Gasteiger partial charge in [0.25, 0.3) is 0 Å². The Labute approximate surface area is 262 Å². The lowest BCUT2D eigenvalue weighted by Gasteiger charge is -2.52. The molecule has 4 amide bonds. The first-order valence-corrected chi connectivity index (χ1v) is 15.1. The SMILES string of the molecule is Cc1ccc(CNC(=O)C(=O)NN=CC23c4ccccc4C(c4ccccc42)C2C(=O)N(c4ccc(Br)cc4)C(=O)C23)cc1. The summed E-state index contributed by atoms with van der Waals surface area (Å²) in [6.45, 7) is 2.16. The number of hydrogen-bond donors (Lipinski definition) is 2. The fourth-order valence-electron chi connectivity index (χ4n) is 7.11. The van der Waals surface area contributed by atoms with Crippen LogP contribution >= 0.6 is 15.9 Å². The molecule has 1 aliphatic heterocycles. The number of carbonyl (C=O) groups excluding carboxylic acids is 4. The molecule has 4 aromatic carbocycles. The summed E-state index contributed by atoms with van der Waals surface area (Å²) in [5, 5.41) is 6.92. The van der Waals surface area contributed by atoms with E-state index in [1.54, 1.807) is 30.5 Å². The molecule has 8 nitrogen and oxygen atoms in total. The second-order valence-electron chi connectivity index (χ2n) is 11.4. The van der Waals surface area contributed by atoms with Crippen LogP contribution in [0.15, 0.2) is 107 Å². The monoisotopic (exact) mass is 646 g/mol. The first-order valence-electron chi connectivity index (χ1n) is 14.3. The number of rotatable bonds is 5. The predicted molar refractivity (Wildman–Crippen MR) is 169 cm³/mol. The van der Waals surface area contributed by atoms with E-state index in [-0.39, 0.29) is 24.3 Å². The largest absolute Gasteiger partial charge is 0.344 e. The Morgan fingerprint density at radius 3 is 2.09 bits per heavy atom. The number of imide groups is 1. The van der Waals surface area contributed by atoms with E-state index in [1.807, 2.05) is 79.7 Å². The van der Waals surface area contributed by atoms with Crippen molar-refractivity contribution in [2.75, 3.05) is 4.90 Å². The summed E-state index contributed by atoms with van der Waals surface area (Å²) in [6, 6.07) is 30.3. The first-order chi connectivity index (χ1) is 21.3. The Hall–Kier alpha value is -4.89. The van der Waals surface area contributed by atoms with Crippen LogP contribution in [0.1, 0.15) is 39.3 Å². The molecule has 0 radical (unpaired) electrons. The molecule has 0 saturated carbocycles. The van der Waals surface area contributed by atoms with Crippen molar-refractivity contribution >= 4 is 51.5 Å². The quantitative estimate of drug-likeness (QED) is 0.141. The molecule has 4 aromatic rings. The minimum atomic E-state index is -1.16. The smallest absolute Gasteiger partial charge is 0.329 e. The van der Waals surface area contributed by atoms with Crippen LogP contribution < -0.4 is 15.6 Å². The van der Waals surface area contributed by atoms with Gasteiger partial charge in [-0.1, -0.05) is 94.3 Å². The van der Waals surface area contributed by atoms with E-state index in [2.05, 4.69) is 31.8 Å². The molecule has 44 heavy (non-hydrogen) atoms. The van der Waals surface area contributed by atoms with Gasteiger partial charge >= 0.3 is 11.8 Å². The van der Waals surface area contributed by atoms with Crippen LogP contribution in [-0.4, -0.2) is 29.8 Å². The fraction of sp³-hybridized carbons (Fsp3) is 0.171. The number of hydrazone groups is 1. The summed E-state index contributed by atoms with van der Waals surface area (Å²) in [5.41, 5.74) is 7.26. The molecule has 1 fully saturated rings. The van der Waals surface area contributed by atoms with Crippen LogP contribution in [0.3, 0.4) is 0 Å². The summed E-state index contributed by atoms with van der Waals surface area (Å²) in [7, 11) is 0. The number of anilines is 1. The van der Waals surface area contributed by atoms with Gasteiger partial charge in [-0.25, -0.2) is 10.3 Å². The van der Waals surface area contributed by atoms with E-state index in [0.29, 0.717) is 5.69 Å². The molecule has 0 aromatic heterocycles. The summed E-state index contributed by atoms with van der Waals surface area (Å²) >= 11 is 3.43. The third kappa shape index (κ3) is 4.22. The third-order valence-corrected chi connectivity index (χ3v) is 9.51. The molecule has 1 saturated heterocycles. The number of nitrogens with zero attached hydrogens (tertiary/aromatic N) is 2. The summed E-state index contributed by atoms with van der Waals surface area (Å²) in [5.74, 6) is -4.15. The molecule has 0 spiro atoms. The van der Waals surface area contributed by atoms with Gasteiger partial charge in [0.2, 0.25) is 11.8 Å². The Morgan fingerprint density at radius 1 is 0.841 bits per heavy atom. The van der Waals surface area contributed by atoms with E-state index in [0.717, 1.165) is 37.9 Å². The Kier molecular flexibility index (Phi) is 6.77. The maximum absolute atomic E-state index is 14.4. The summed E-state index contributed by atoms with van der Waals surface area (Å²) in [6.07, 6.45) is 1.54. The number of carbonyl (C=O) groups is 4. The van der Waals surface area contributed by atoms with Crippen LogP contribution in [0.25, 0.3) is 0 Å². The van der Waals surface area contributed by atoms with E-state index in [1.165, 1.54) is 4.90 Å². The number of nitrogens with one attached hydrogen (secondary N) is 2. The minimum absolute atomic E-state index is 0.189. The third-order valence-electron chi connectivity index (χ3n) is 8.98. The van der Waals surface area contributed by atoms with Crippen molar-refractivity contribution in [2.45, 2.75) is 24.8 Å². The number of benzene rings is 4. The van der Waals surface area contributed by atoms with E-state index in [4.69, 9.17) is 0 Å². The topological polar surface area (TPSA) is 108 Å². The van der Waals surface area contributed by atoms with Crippen molar-refractivity contribution in [1.29, 1.82) is 0 Å². The zero-order chi connectivity index (χ0) is 30.6. The van der Waals surface area contributed by atoms with Crippen molar-refractivity contribution < 1.29 is 19.2 Å². The Bertz CT molecular complexity index is 1820. The van der Waals surface area contributed by atoms with Gasteiger partial charge < -0.3 is 5.32 Å². The Morgan fingerprint density at radius 2 is 1.45 bits per heavy atom. The maximum atomic E-state index is 14.4. The molecule has 4 aliphatic rings. The molecule has 2 bridgehead atoms. The molecule has 2 N–H and O–H groups in total.